The lowest BCUT2D eigenvalue weighted by atomic mass is 10.1. The molecule has 0 fully saturated rings. The highest BCUT2D eigenvalue weighted by Crippen LogP contribution is 2.32. The summed E-state index contributed by atoms with van der Waals surface area (Å²) in [6.45, 7) is 2.08. The summed E-state index contributed by atoms with van der Waals surface area (Å²) in [5.74, 6) is 0.880. The van der Waals surface area contributed by atoms with Crippen molar-refractivity contribution in [1.29, 1.82) is 0 Å². The van der Waals surface area contributed by atoms with Gasteiger partial charge in [0.15, 0.2) is 5.11 Å². The molecule has 0 aliphatic heterocycles. The molecule has 0 atom stereocenters. The third-order valence-corrected chi connectivity index (χ3v) is 5.64. The fourth-order valence-electron chi connectivity index (χ4n) is 2.94. The predicted octanol–water partition coefficient (Wildman–Crippen LogP) is 5.34. The summed E-state index contributed by atoms with van der Waals surface area (Å²) in [5.41, 5.74) is 2.30. The van der Waals surface area contributed by atoms with Crippen molar-refractivity contribution in [2.45, 2.75) is 13.3 Å². The molecule has 3 rings (SSSR count). The number of rotatable bonds is 8. The molecule has 0 amide bonds. The number of thiocarbonyl (C=S) groups is 1. The number of hydrogen-bond donors (Lipinski definition) is 2. The van der Waals surface area contributed by atoms with Gasteiger partial charge in [0, 0.05) is 17.4 Å². The first-order valence-electron chi connectivity index (χ1n) is 9.67. The van der Waals surface area contributed by atoms with E-state index >= 15 is 0 Å². The van der Waals surface area contributed by atoms with E-state index < -0.39 is 0 Å². The van der Waals surface area contributed by atoms with E-state index in [9.17, 15) is 4.79 Å². The SMILES string of the molecule is CCOC(=O)c1cc(Cc2ccccc2)sc1NC(=S)Nc1ccc(OC)cc1OC. The van der Waals surface area contributed by atoms with Gasteiger partial charge in [-0.15, -0.1) is 11.3 Å². The van der Waals surface area contributed by atoms with Gasteiger partial charge < -0.3 is 24.8 Å². The van der Waals surface area contributed by atoms with E-state index in [1.807, 2.05) is 30.3 Å². The molecule has 162 valence electrons. The van der Waals surface area contributed by atoms with Crippen LogP contribution in [0.15, 0.2) is 54.6 Å². The van der Waals surface area contributed by atoms with Crippen LogP contribution in [0.1, 0.15) is 27.7 Å². The first kappa shape index (κ1) is 22.6. The molecule has 0 radical (unpaired) electrons. The van der Waals surface area contributed by atoms with Crippen molar-refractivity contribution in [3.05, 3.63) is 70.6 Å². The van der Waals surface area contributed by atoms with Crippen molar-refractivity contribution in [1.82, 2.24) is 0 Å². The molecule has 3 aromatic rings. The molecule has 8 heteroatoms. The van der Waals surface area contributed by atoms with Gasteiger partial charge in [-0.05, 0) is 42.9 Å². The molecule has 0 saturated carbocycles. The van der Waals surface area contributed by atoms with Gasteiger partial charge >= 0.3 is 5.97 Å². The third kappa shape index (κ3) is 5.96. The van der Waals surface area contributed by atoms with E-state index in [0.717, 1.165) is 10.4 Å². The average Bonchev–Trinajstić information content (AvgIpc) is 3.16. The summed E-state index contributed by atoms with van der Waals surface area (Å²) in [6.07, 6.45) is 0.714. The lowest BCUT2D eigenvalue weighted by Gasteiger charge is -2.14. The second kappa shape index (κ2) is 10.8. The number of carbonyl (C=O) groups excluding carboxylic acids is 1. The highest BCUT2D eigenvalue weighted by Gasteiger charge is 2.19. The van der Waals surface area contributed by atoms with Gasteiger partial charge in [-0.25, -0.2) is 4.79 Å². The maximum Gasteiger partial charge on any atom is 0.341 e. The summed E-state index contributed by atoms with van der Waals surface area (Å²) in [7, 11) is 3.17. The topological polar surface area (TPSA) is 68.8 Å². The van der Waals surface area contributed by atoms with E-state index in [0.29, 0.717) is 45.9 Å². The molecule has 2 aromatic carbocycles. The first-order valence-corrected chi connectivity index (χ1v) is 10.9. The average molecular weight is 457 g/mol. The van der Waals surface area contributed by atoms with Crippen LogP contribution in [0.5, 0.6) is 11.5 Å². The molecule has 1 aromatic heterocycles. The van der Waals surface area contributed by atoms with E-state index in [1.165, 1.54) is 11.3 Å². The number of thiophene rings is 1. The summed E-state index contributed by atoms with van der Waals surface area (Å²) in [6, 6.07) is 17.3. The molecule has 0 saturated heterocycles. The van der Waals surface area contributed by atoms with Crippen LogP contribution >= 0.6 is 23.6 Å². The van der Waals surface area contributed by atoms with Crippen LogP contribution in [0.3, 0.4) is 0 Å². The normalized spacial score (nSPS) is 10.3. The monoisotopic (exact) mass is 456 g/mol. The van der Waals surface area contributed by atoms with E-state index in [1.54, 1.807) is 33.3 Å². The zero-order valence-corrected chi connectivity index (χ0v) is 19.2. The number of hydrogen-bond acceptors (Lipinski definition) is 6. The van der Waals surface area contributed by atoms with Crippen LogP contribution < -0.4 is 20.1 Å². The van der Waals surface area contributed by atoms with Crippen LogP contribution in [0, 0.1) is 0 Å². The van der Waals surface area contributed by atoms with Crippen molar-refractivity contribution in [3.63, 3.8) is 0 Å². The van der Waals surface area contributed by atoms with Crippen molar-refractivity contribution in [2.75, 3.05) is 31.5 Å². The Hall–Kier alpha value is -3.10. The number of carbonyl (C=O) groups is 1. The predicted molar refractivity (Wildman–Crippen MR) is 129 cm³/mol. The second-order valence-corrected chi connectivity index (χ2v) is 8.03. The van der Waals surface area contributed by atoms with E-state index in [2.05, 4.69) is 22.8 Å². The van der Waals surface area contributed by atoms with Crippen LogP contribution in [0.4, 0.5) is 10.7 Å². The lowest BCUT2D eigenvalue weighted by Crippen LogP contribution is -2.20. The number of methoxy groups -OCH3 is 2. The molecule has 31 heavy (non-hydrogen) atoms. The lowest BCUT2D eigenvalue weighted by molar-refractivity contribution is 0.0528. The Morgan fingerprint density at radius 2 is 1.81 bits per heavy atom. The zero-order chi connectivity index (χ0) is 22.2. The molecular weight excluding hydrogens is 432 g/mol. The molecule has 2 N–H and O–H groups in total. The van der Waals surface area contributed by atoms with Crippen LogP contribution in [0.2, 0.25) is 0 Å². The Bertz CT molecular complexity index is 1050. The third-order valence-electron chi connectivity index (χ3n) is 4.38. The minimum atomic E-state index is -0.384. The number of benzene rings is 2. The zero-order valence-electron chi connectivity index (χ0n) is 17.6. The molecule has 0 bridgehead atoms. The molecule has 0 aliphatic rings. The largest absolute Gasteiger partial charge is 0.497 e. The van der Waals surface area contributed by atoms with Crippen LogP contribution in [-0.2, 0) is 11.2 Å². The maximum absolute atomic E-state index is 12.5. The van der Waals surface area contributed by atoms with Gasteiger partial charge in [-0.3, -0.25) is 0 Å². The highest BCUT2D eigenvalue weighted by molar-refractivity contribution is 7.80. The molecule has 0 aliphatic carbocycles. The van der Waals surface area contributed by atoms with Gasteiger partial charge in [-0.1, -0.05) is 30.3 Å². The van der Waals surface area contributed by atoms with Gasteiger partial charge in [0.25, 0.3) is 0 Å². The van der Waals surface area contributed by atoms with E-state index in [4.69, 9.17) is 26.4 Å². The molecule has 0 unspecified atom stereocenters. The number of anilines is 2. The Kier molecular flexibility index (Phi) is 7.86. The van der Waals surface area contributed by atoms with Crippen molar-refractivity contribution in [3.8, 4) is 11.5 Å². The van der Waals surface area contributed by atoms with Gasteiger partial charge in [0.05, 0.1) is 32.1 Å². The Morgan fingerprint density at radius 3 is 2.48 bits per heavy atom. The second-order valence-electron chi connectivity index (χ2n) is 6.48. The fourth-order valence-corrected chi connectivity index (χ4v) is 4.30. The Morgan fingerprint density at radius 1 is 1.03 bits per heavy atom. The molecular formula is C23H24N2O4S2. The van der Waals surface area contributed by atoms with E-state index in [-0.39, 0.29) is 5.97 Å². The summed E-state index contributed by atoms with van der Waals surface area (Å²) < 4.78 is 15.8. The minimum Gasteiger partial charge on any atom is -0.497 e. The summed E-state index contributed by atoms with van der Waals surface area (Å²) in [5, 5.41) is 7.22. The minimum absolute atomic E-state index is 0.299. The van der Waals surface area contributed by atoms with Crippen molar-refractivity contribution in [2.24, 2.45) is 0 Å². The molecule has 0 spiro atoms. The van der Waals surface area contributed by atoms with Crippen molar-refractivity contribution >= 4 is 45.3 Å². The van der Waals surface area contributed by atoms with Gasteiger partial charge in [0.2, 0.25) is 0 Å². The maximum atomic E-state index is 12.5. The first-order chi connectivity index (χ1) is 15.0. The fraction of sp³-hybridized carbons (Fsp3) is 0.217. The highest BCUT2D eigenvalue weighted by atomic mass is 32.1. The van der Waals surface area contributed by atoms with Crippen LogP contribution in [0.25, 0.3) is 0 Å². The Labute approximate surface area is 191 Å². The summed E-state index contributed by atoms with van der Waals surface area (Å²) >= 11 is 6.95. The standard InChI is InChI=1S/C23H24N2O4S2/c1-4-29-22(26)18-14-17(12-15-8-6-5-7-9-15)31-21(18)25-23(30)24-19-11-10-16(27-2)13-20(19)28-3/h5-11,13-14H,4,12H2,1-3H3,(H2,24,25,30). The number of esters is 1. The van der Waals surface area contributed by atoms with Crippen LogP contribution in [-0.4, -0.2) is 31.9 Å². The van der Waals surface area contributed by atoms with Crippen molar-refractivity contribution < 1.29 is 19.0 Å². The van der Waals surface area contributed by atoms with Gasteiger partial charge in [0.1, 0.15) is 16.5 Å². The smallest absolute Gasteiger partial charge is 0.341 e. The number of ether oxygens (including phenoxy) is 3. The quantitative estimate of drug-likeness (QED) is 0.350. The molecule has 1 heterocycles. The van der Waals surface area contributed by atoms with Gasteiger partial charge in [-0.2, -0.15) is 0 Å². The Balaban J connectivity index is 1.80. The molecule has 6 nitrogen and oxygen atoms in total. The number of nitrogens with one attached hydrogen (secondary N) is 2. The summed E-state index contributed by atoms with van der Waals surface area (Å²) in [4.78, 5) is 13.5.